The summed E-state index contributed by atoms with van der Waals surface area (Å²) in [5, 5.41) is 0. The van der Waals surface area contributed by atoms with E-state index in [4.69, 9.17) is 14.6 Å². The van der Waals surface area contributed by atoms with Gasteiger partial charge in [-0.3, -0.25) is 29.8 Å². The zero-order valence-electron chi connectivity index (χ0n) is 30.1. The van der Waals surface area contributed by atoms with E-state index >= 15 is 4.39 Å². The Kier molecular flexibility index (Phi) is 11.0. The Morgan fingerprint density at radius 1 is 1.10 bits per heavy atom. The monoisotopic (exact) mass is 723 g/mol. The summed E-state index contributed by atoms with van der Waals surface area (Å²) in [6.07, 6.45) is 5.09. The largest absolute Gasteiger partial charge is 0.377 e. The number of aliphatic imine (C=N–C) groups is 1. The molecule has 1 N–H and O–H groups in total. The van der Waals surface area contributed by atoms with Gasteiger partial charge in [-0.1, -0.05) is 56.7 Å². The van der Waals surface area contributed by atoms with Crippen molar-refractivity contribution >= 4 is 33.5 Å². The number of carbonyl (C=O) groups is 2. The molecule has 6 rings (SSSR count). The van der Waals surface area contributed by atoms with Gasteiger partial charge in [0.05, 0.1) is 30.7 Å². The zero-order valence-corrected chi connectivity index (χ0v) is 30.9. The van der Waals surface area contributed by atoms with Crippen LogP contribution in [-0.2, 0) is 42.3 Å². The zero-order chi connectivity index (χ0) is 36.4. The molecule has 11 nitrogen and oxygen atoms in total. The van der Waals surface area contributed by atoms with Crippen LogP contribution in [0.25, 0.3) is 11.1 Å². The molecule has 3 heterocycles. The number of piperidine rings is 1. The minimum absolute atomic E-state index is 0.0614. The van der Waals surface area contributed by atoms with E-state index in [9.17, 15) is 18.0 Å². The van der Waals surface area contributed by atoms with E-state index < -0.39 is 27.1 Å². The third-order valence-corrected chi connectivity index (χ3v) is 12.1. The van der Waals surface area contributed by atoms with Gasteiger partial charge in [0.25, 0.3) is 21.8 Å². The summed E-state index contributed by atoms with van der Waals surface area (Å²) in [5.74, 6) is 0.0552. The van der Waals surface area contributed by atoms with Crippen molar-refractivity contribution in [1.82, 2.24) is 15.3 Å². The molecule has 4 aliphatic rings. The smallest absolute Gasteiger partial charge is 0.284 e. The standard InChI is InChI=1S/C38H50FN5O6S/c1-5-7-15-33-40-38(20-12-21-43(25-38)35(45)37(39)18-10-11-19-37)36(46)44(33)23-28-16-17-30(29(22-28)24-49-6-2)31-13-8-9-14-32(31)51(47,48)42-34-26(3)27(4)50-41-34/h8-9,13-14,16-17,22,26-27H,5-7,10-12,15,18-21,23-25H2,1-4H3,(H,41,42). The number of unbranched alkanes of at least 4 members (excludes halogenated alkanes) is 1. The van der Waals surface area contributed by atoms with Crippen molar-refractivity contribution in [2.24, 2.45) is 15.3 Å². The van der Waals surface area contributed by atoms with Crippen LogP contribution in [0.4, 0.5) is 4.39 Å². The van der Waals surface area contributed by atoms with E-state index in [0.29, 0.717) is 62.2 Å². The van der Waals surface area contributed by atoms with Gasteiger partial charge in [0.1, 0.15) is 11.7 Å². The fourth-order valence-electron chi connectivity index (χ4n) is 7.61. The highest BCUT2D eigenvalue weighted by Gasteiger charge is 2.53. The number of hydrogen-bond acceptors (Lipinski definition) is 7. The molecule has 2 amide bonds. The lowest BCUT2D eigenvalue weighted by Gasteiger charge is -2.39. The number of nitrogens with one attached hydrogen (secondary N) is 1. The number of halogens is 1. The number of hydrogen-bond donors (Lipinski definition) is 1. The van der Waals surface area contributed by atoms with Gasteiger partial charge in [-0.15, -0.1) is 4.40 Å². The number of rotatable bonds is 12. The molecule has 13 heteroatoms. The molecule has 3 unspecified atom stereocenters. The normalized spacial score (nSPS) is 25.5. The van der Waals surface area contributed by atoms with Crippen LogP contribution in [-0.4, -0.2) is 78.7 Å². The minimum atomic E-state index is -4.12. The van der Waals surface area contributed by atoms with Gasteiger partial charge in [0.2, 0.25) is 0 Å². The molecule has 2 aromatic carbocycles. The van der Waals surface area contributed by atoms with Crippen molar-refractivity contribution in [3.05, 3.63) is 53.6 Å². The van der Waals surface area contributed by atoms with Gasteiger partial charge in [-0.25, -0.2) is 4.39 Å². The Balaban J connectivity index is 1.30. The maximum Gasteiger partial charge on any atom is 0.284 e. The molecule has 51 heavy (non-hydrogen) atoms. The van der Waals surface area contributed by atoms with Crippen LogP contribution >= 0.6 is 0 Å². The fraction of sp³-hybridized carbons (Fsp3) is 0.579. The van der Waals surface area contributed by atoms with Crippen LogP contribution in [0.1, 0.15) is 96.6 Å². The number of carbonyl (C=O) groups excluding carboxylic acids is 2. The molecule has 0 bridgehead atoms. The maximum absolute atomic E-state index is 15.6. The van der Waals surface area contributed by atoms with Gasteiger partial charge in [0, 0.05) is 31.1 Å². The third-order valence-electron chi connectivity index (χ3n) is 10.7. The first kappa shape index (κ1) is 37.1. The Morgan fingerprint density at radius 3 is 2.57 bits per heavy atom. The SMILES string of the molecule is CCCCC1=NC2(CCCN(C(=O)C3(F)CCCC3)C2)C(=O)N1Cc1ccc(-c2ccccc2S(=O)(=O)/N=C2\NOC(C)C2C)c(COCC)c1. The maximum atomic E-state index is 15.6. The predicted molar refractivity (Wildman–Crippen MR) is 193 cm³/mol. The molecular weight excluding hydrogens is 674 g/mol. The van der Waals surface area contributed by atoms with Crippen molar-refractivity contribution < 1.29 is 32.0 Å². The fourth-order valence-corrected chi connectivity index (χ4v) is 8.88. The van der Waals surface area contributed by atoms with Crippen LogP contribution < -0.4 is 5.48 Å². The van der Waals surface area contributed by atoms with Crippen molar-refractivity contribution in [3.8, 4) is 11.1 Å². The molecule has 0 aromatic heterocycles. The lowest BCUT2D eigenvalue weighted by atomic mass is 9.87. The van der Waals surface area contributed by atoms with E-state index in [-0.39, 0.29) is 61.2 Å². The second-order valence-corrected chi connectivity index (χ2v) is 15.9. The molecule has 1 saturated carbocycles. The highest BCUT2D eigenvalue weighted by molar-refractivity contribution is 7.90. The molecule has 2 saturated heterocycles. The summed E-state index contributed by atoms with van der Waals surface area (Å²) >= 11 is 0. The number of amidine groups is 2. The summed E-state index contributed by atoms with van der Waals surface area (Å²) in [7, 11) is -4.12. The third kappa shape index (κ3) is 7.48. The number of ether oxygens (including phenoxy) is 1. The Bertz CT molecular complexity index is 1810. The van der Waals surface area contributed by atoms with Gasteiger partial charge in [-0.05, 0) is 81.5 Å². The van der Waals surface area contributed by atoms with Crippen LogP contribution in [0.3, 0.4) is 0 Å². The number of likely N-dealkylation sites (tertiary alicyclic amines) is 1. The van der Waals surface area contributed by atoms with E-state index in [0.717, 1.165) is 24.0 Å². The Morgan fingerprint density at radius 2 is 1.86 bits per heavy atom. The van der Waals surface area contributed by atoms with E-state index in [1.54, 1.807) is 34.1 Å². The van der Waals surface area contributed by atoms with Crippen LogP contribution in [0.15, 0.2) is 56.8 Å². The lowest BCUT2D eigenvalue weighted by Crippen LogP contribution is -2.57. The van der Waals surface area contributed by atoms with Crippen molar-refractivity contribution in [2.75, 3.05) is 19.7 Å². The quantitative estimate of drug-likeness (QED) is 0.280. The summed E-state index contributed by atoms with van der Waals surface area (Å²) < 4.78 is 53.0. The molecular formula is C38H50FN5O6S. The number of sulfonamides is 1. The first-order valence-corrected chi connectivity index (χ1v) is 19.8. The number of benzene rings is 2. The molecule has 1 spiro atoms. The molecule has 1 aliphatic carbocycles. The van der Waals surface area contributed by atoms with Crippen LogP contribution in [0.5, 0.6) is 0 Å². The summed E-state index contributed by atoms with van der Waals surface area (Å²) in [4.78, 5) is 41.5. The first-order valence-electron chi connectivity index (χ1n) is 18.4. The van der Waals surface area contributed by atoms with Crippen LogP contribution in [0.2, 0.25) is 0 Å². The average molecular weight is 724 g/mol. The number of alkyl halides is 1. The Hall–Kier alpha value is -3.68. The van der Waals surface area contributed by atoms with Gasteiger partial charge >= 0.3 is 0 Å². The predicted octanol–water partition coefficient (Wildman–Crippen LogP) is 6.11. The molecule has 3 atom stereocenters. The summed E-state index contributed by atoms with van der Waals surface area (Å²) in [5.41, 5.74) is 2.45. The highest BCUT2D eigenvalue weighted by atomic mass is 32.2. The second kappa shape index (κ2) is 15.1. The first-order chi connectivity index (χ1) is 24.4. The topological polar surface area (TPSA) is 130 Å². The van der Waals surface area contributed by atoms with Gasteiger partial charge < -0.3 is 9.64 Å². The number of amides is 2. The average Bonchev–Trinajstić information content (AvgIpc) is 3.78. The molecule has 3 aliphatic heterocycles. The molecule has 0 radical (unpaired) electrons. The van der Waals surface area contributed by atoms with Crippen molar-refractivity contribution in [3.63, 3.8) is 0 Å². The summed E-state index contributed by atoms with van der Waals surface area (Å²) in [6.45, 7) is 9.12. The van der Waals surface area contributed by atoms with E-state index in [1.165, 1.54) is 0 Å². The highest BCUT2D eigenvalue weighted by Crippen LogP contribution is 2.40. The summed E-state index contributed by atoms with van der Waals surface area (Å²) in [6, 6.07) is 12.5. The lowest BCUT2D eigenvalue weighted by molar-refractivity contribution is -0.148. The molecule has 2 aromatic rings. The number of nitrogens with zero attached hydrogens (tertiary/aromatic N) is 4. The van der Waals surface area contributed by atoms with Crippen molar-refractivity contribution in [1.29, 1.82) is 0 Å². The molecule has 3 fully saturated rings. The van der Waals surface area contributed by atoms with Crippen LogP contribution in [0, 0.1) is 5.92 Å². The van der Waals surface area contributed by atoms with E-state index in [2.05, 4.69) is 16.8 Å². The molecule has 276 valence electrons. The second-order valence-electron chi connectivity index (χ2n) is 14.3. The van der Waals surface area contributed by atoms with E-state index in [1.807, 2.05) is 39.0 Å². The van der Waals surface area contributed by atoms with Crippen molar-refractivity contribution in [2.45, 2.75) is 121 Å². The van der Waals surface area contributed by atoms with Gasteiger partial charge in [-0.2, -0.15) is 8.42 Å². The number of hydroxylamine groups is 1. The Labute approximate surface area is 300 Å². The van der Waals surface area contributed by atoms with Gasteiger partial charge in [0.15, 0.2) is 11.2 Å². The minimum Gasteiger partial charge on any atom is -0.377 e.